The molecule has 0 atom stereocenters. The minimum Gasteiger partial charge on any atom is -0.512 e. The molecular weight excluding hydrogens is 369 g/mol. The summed E-state index contributed by atoms with van der Waals surface area (Å²) < 4.78 is 9.10. The van der Waals surface area contributed by atoms with Crippen LogP contribution in [-0.4, -0.2) is 37.5 Å². The molecule has 124 valence electrons. The summed E-state index contributed by atoms with van der Waals surface area (Å²) in [5, 5.41) is 9.31. The fraction of sp³-hybridized carbons (Fsp3) is 0.214. The smallest absolute Gasteiger partial charge is 0.342 e. The molecule has 23 heavy (non-hydrogen) atoms. The van der Waals surface area contributed by atoms with Crippen molar-refractivity contribution in [3.8, 4) is 0 Å². The molecule has 9 heteroatoms. The number of halogens is 3. The van der Waals surface area contributed by atoms with Gasteiger partial charge in [0.1, 0.15) is 16.9 Å². The maximum absolute atomic E-state index is 11.7. The number of benzene rings is 1. The second kappa shape index (κ2) is 8.19. The van der Waals surface area contributed by atoms with E-state index < -0.39 is 11.9 Å². The highest BCUT2D eigenvalue weighted by Gasteiger charge is 2.21. The Bertz CT molecular complexity index is 709. The molecule has 0 unspecified atom stereocenters. The van der Waals surface area contributed by atoms with Gasteiger partial charge in [0.2, 0.25) is 0 Å². The van der Waals surface area contributed by atoms with Crippen LogP contribution in [0.15, 0.2) is 22.4 Å². The van der Waals surface area contributed by atoms with Crippen LogP contribution in [0.1, 0.15) is 17.3 Å². The zero-order chi connectivity index (χ0) is 17.7. The number of carbonyl (C=O) groups is 2. The van der Waals surface area contributed by atoms with E-state index in [0.29, 0.717) is 0 Å². The van der Waals surface area contributed by atoms with Crippen LogP contribution in [-0.2, 0) is 14.3 Å². The lowest BCUT2D eigenvalue weighted by molar-refractivity contribution is -0.135. The normalized spacial score (nSPS) is 12.1. The first kappa shape index (κ1) is 19.3. The van der Waals surface area contributed by atoms with Crippen LogP contribution in [0.4, 0.5) is 5.69 Å². The van der Waals surface area contributed by atoms with Crippen molar-refractivity contribution < 1.29 is 24.2 Å². The fourth-order valence-electron chi connectivity index (χ4n) is 1.50. The molecule has 0 fully saturated rings. The first-order valence-corrected chi connectivity index (χ1v) is 7.16. The maximum Gasteiger partial charge on any atom is 0.342 e. The van der Waals surface area contributed by atoms with Gasteiger partial charge in [-0.25, -0.2) is 9.59 Å². The van der Waals surface area contributed by atoms with Crippen molar-refractivity contribution in [3.63, 3.8) is 0 Å². The van der Waals surface area contributed by atoms with Gasteiger partial charge >= 0.3 is 11.9 Å². The molecule has 0 bridgehead atoms. The molecule has 0 aromatic heterocycles. The third-order valence-electron chi connectivity index (χ3n) is 2.65. The number of aliphatic hydroxyl groups is 1. The molecule has 0 spiro atoms. The molecule has 1 rings (SSSR count). The Balaban J connectivity index is 3.43. The van der Waals surface area contributed by atoms with Crippen molar-refractivity contribution in [3.05, 3.63) is 38.0 Å². The van der Waals surface area contributed by atoms with Gasteiger partial charge in [0.25, 0.3) is 0 Å². The van der Waals surface area contributed by atoms with Crippen LogP contribution in [0, 0.1) is 0 Å². The fourth-order valence-corrected chi connectivity index (χ4v) is 2.25. The minimum absolute atomic E-state index is 0.0212. The molecule has 0 aliphatic heterocycles. The van der Waals surface area contributed by atoms with Crippen LogP contribution < -0.4 is 0 Å². The number of aliphatic imine (C=N–C) groups is 1. The molecule has 6 nitrogen and oxygen atoms in total. The number of aliphatic hydroxyl groups excluding tert-OH is 1. The predicted octanol–water partition coefficient (Wildman–Crippen LogP) is 4.14. The SMILES string of the molecule is COC(=O)C(C=Nc1cc(Cl)c(Cl)c(C(=O)OC)c1Cl)=C(C)O. The van der Waals surface area contributed by atoms with Crippen molar-refractivity contribution >= 4 is 58.6 Å². The topological polar surface area (TPSA) is 85.2 Å². The second-order valence-electron chi connectivity index (χ2n) is 4.12. The third kappa shape index (κ3) is 4.37. The van der Waals surface area contributed by atoms with Crippen molar-refractivity contribution in [2.24, 2.45) is 4.99 Å². The van der Waals surface area contributed by atoms with E-state index in [4.69, 9.17) is 34.8 Å². The van der Waals surface area contributed by atoms with Crippen LogP contribution >= 0.6 is 34.8 Å². The van der Waals surface area contributed by atoms with Gasteiger partial charge < -0.3 is 14.6 Å². The molecule has 0 heterocycles. The number of nitrogens with zero attached hydrogens (tertiary/aromatic N) is 1. The van der Waals surface area contributed by atoms with Crippen LogP contribution in [0.5, 0.6) is 0 Å². The van der Waals surface area contributed by atoms with Crippen molar-refractivity contribution in [2.45, 2.75) is 6.92 Å². The average Bonchev–Trinajstić information content (AvgIpc) is 2.51. The molecule has 1 aromatic rings. The number of allylic oxidation sites excluding steroid dienone is 1. The molecule has 0 amide bonds. The minimum atomic E-state index is -0.793. The Morgan fingerprint density at radius 2 is 1.78 bits per heavy atom. The highest BCUT2D eigenvalue weighted by atomic mass is 35.5. The number of hydrogen-bond donors (Lipinski definition) is 1. The van der Waals surface area contributed by atoms with E-state index in [-0.39, 0.29) is 37.7 Å². The summed E-state index contributed by atoms with van der Waals surface area (Å²) in [4.78, 5) is 27.2. The van der Waals surface area contributed by atoms with Gasteiger partial charge in [-0.2, -0.15) is 0 Å². The third-order valence-corrected chi connectivity index (χ3v) is 3.82. The number of hydrogen-bond acceptors (Lipinski definition) is 6. The largest absolute Gasteiger partial charge is 0.512 e. The summed E-state index contributed by atoms with van der Waals surface area (Å²) in [6.45, 7) is 1.29. The van der Waals surface area contributed by atoms with Crippen LogP contribution in [0.2, 0.25) is 15.1 Å². The van der Waals surface area contributed by atoms with E-state index in [2.05, 4.69) is 14.5 Å². The van der Waals surface area contributed by atoms with E-state index in [0.717, 1.165) is 20.4 Å². The number of methoxy groups -OCH3 is 2. The molecule has 1 aromatic carbocycles. The van der Waals surface area contributed by atoms with Gasteiger partial charge in [-0.05, 0) is 13.0 Å². The zero-order valence-corrected chi connectivity index (χ0v) is 14.6. The predicted molar refractivity (Wildman–Crippen MR) is 88.3 cm³/mol. The molecule has 0 aliphatic carbocycles. The average molecular weight is 381 g/mol. The van der Waals surface area contributed by atoms with E-state index in [1.165, 1.54) is 13.0 Å². The van der Waals surface area contributed by atoms with E-state index in [1.807, 2.05) is 0 Å². The first-order chi connectivity index (χ1) is 10.7. The summed E-state index contributed by atoms with van der Waals surface area (Å²) in [7, 11) is 2.31. The number of esters is 2. The van der Waals surface area contributed by atoms with Crippen LogP contribution in [0.25, 0.3) is 0 Å². The summed E-state index contributed by atoms with van der Waals surface area (Å²) >= 11 is 18.0. The van der Waals surface area contributed by atoms with E-state index in [9.17, 15) is 14.7 Å². The molecule has 0 saturated heterocycles. The molecule has 0 aliphatic rings. The number of rotatable bonds is 4. The number of carbonyl (C=O) groups excluding carboxylic acids is 2. The Morgan fingerprint density at radius 3 is 2.26 bits per heavy atom. The molecule has 1 N–H and O–H groups in total. The van der Waals surface area contributed by atoms with E-state index >= 15 is 0 Å². The Hall–Kier alpha value is -1.76. The first-order valence-electron chi connectivity index (χ1n) is 6.02. The quantitative estimate of drug-likeness (QED) is 0.279. The summed E-state index contributed by atoms with van der Waals surface area (Å²) in [5.74, 6) is -1.89. The summed E-state index contributed by atoms with van der Waals surface area (Å²) in [6, 6.07) is 1.30. The molecule has 0 radical (unpaired) electrons. The van der Waals surface area contributed by atoms with Crippen molar-refractivity contribution in [1.29, 1.82) is 0 Å². The maximum atomic E-state index is 11.7. The number of ether oxygens (including phenoxy) is 2. The van der Waals surface area contributed by atoms with E-state index in [1.54, 1.807) is 0 Å². The monoisotopic (exact) mass is 379 g/mol. The standard InChI is InChI=1S/C14H12Cl3NO5/c1-6(19)7(13(20)22-2)5-18-9-4-8(15)11(16)10(12(9)17)14(21)23-3/h4-5,19H,1-3H3. The Kier molecular flexibility index (Phi) is 6.87. The molecule has 0 saturated carbocycles. The lowest BCUT2D eigenvalue weighted by Crippen LogP contribution is -2.08. The summed E-state index contributed by atoms with van der Waals surface area (Å²) in [5.41, 5.74) is -0.279. The molecular formula is C14H12Cl3NO5. The van der Waals surface area contributed by atoms with Gasteiger partial charge in [-0.1, -0.05) is 34.8 Å². The van der Waals surface area contributed by atoms with Gasteiger partial charge in [0.15, 0.2) is 0 Å². The Morgan fingerprint density at radius 1 is 1.17 bits per heavy atom. The van der Waals surface area contributed by atoms with Crippen molar-refractivity contribution in [1.82, 2.24) is 0 Å². The van der Waals surface area contributed by atoms with Gasteiger partial charge in [0.05, 0.1) is 35.0 Å². The highest BCUT2D eigenvalue weighted by Crippen LogP contribution is 2.39. The highest BCUT2D eigenvalue weighted by molar-refractivity contribution is 6.47. The van der Waals surface area contributed by atoms with Gasteiger partial charge in [0, 0.05) is 6.21 Å². The lowest BCUT2D eigenvalue weighted by Gasteiger charge is -2.09. The summed E-state index contributed by atoms with van der Waals surface area (Å²) in [6.07, 6.45) is 1.04. The Labute approximate surface area is 147 Å². The van der Waals surface area contributed by atoms with Crippen LogP contribution in [0.3, 0.4) is 0 Å². The van der Waals surface area contributed by atoms with Gasteiger partial charge in [-0.3, -0.25) is 4.99 Å². The zero-order valence-electron chi connectivity index (χ0n) is 12.3. The second-order valence-corrected chi connectivity index (χ2v) is 5.28. The lowest BCUT2D eigenvalue weighted by atomic mass is 10.2. The van der Waals surface area contributed by atoms with Gasteiger partial charge in [-0.15, -0.1) is 0 Å². The van der Waals surface area contributed by atoms with Crippen molar-refractivity contribution in [2.75, 3.05) is 14.2 Å².